The number of hydrogen-bond acceptors (Lipinski definition) is 7. The first kappa shape index (κ1) is 6.65. The first-order valence-electron chi connectivity index (χ1n) is 2.91. The van der Waals surface area contributed by atoms with E-state index in [9.17, 15) is 14.4 Å². The van der Waals surface area contributed by atoms with Crippen LogP contribution in [0, 0.1) is 0 Å². The van der Waals surface area contributed by atoms with Gasteiger partial charge >= 0.3 is 0 Å². The molecule has 0 aliphatic rings. The van der Waals surface area contributed by atoms with Crippen molar-refractivity contribution in [3.05, 3.63) is 30.7 Å². The lowest BCUT2D eigenvalue weighted by molar-refractivity contribution is 0.797. The number of rotatable bonds is 0. The molecular weight excluding hydrogens is 164 g/mol. The summed E-state index contributed by atoms with van der Waals surface area (Å²) in [5.74, 6) is 0. The van der Waals surface area contributed by atoms with E-state index in [0.29, 0.717) is 0 Å². The van der Waals surface area contributed by atoms with Crippen molar-refractivity contribution in [2.45, 2.75) is 0 Å². The van der Waals surface area contributed by atoms with Gasteiger partial charge in [-0.25, -0.2) is 0 Å². The van der Waals surface area contributed by atoms with E-state index >= 15 is 0 Å². The molecule has 1 aromatic heterocycles. The molecule has 1 heterocycles. The minimum absolute atomic E-state index is 0.306. The highest BCUT2D eigenvalue weighted by Crippen LogP contribution is 1.87. The van der Waals surface area contributed by atoms with Gasteiger partial charge in [-0.3, -0.25) is 14.4 Å². The van der Waals surface area contributed by atoms with Crippen molar-refractivity contribution in [1.29, 1.82) is 0 Å². The summed E-state index contributed by atoms with van der Waals surface area (Å²) in [6.07, 6.45) is 0. The van der Waals surface area contributed by atoms with Crippen LogP contribution in [0.25, 0.3) is 11.0 Å². The van der Waals surface area contributed by atoms with E-state index in [1.165, 1.54) is 0 Å². The fourth-order valence-corrected chi connectivity index (χ4v) is 0.848. The van der Waals surface area contributed by atoms with Crippen LogP contribution in [0.1, 0.15) is 0 Å². The summed E-state index contributed by atoms with van der Waals surface area (Å²) >= 11 is 0. The van der Waals surface area contributed by atoms with Gasteiger partial charge < -0.3 is 0 Å². The number of fused-ring (bicyclic) bond motifs is 1. The molecule has 2 aromatic rings. The molecule has 0 spiro atoms. The van der Waals surface area contributed by atoms with Crippen LogP contribution < -0.4 is 16.3 Å². The fraction of sp³-hybridized carbons (Fsp3) is 0. The molecule has 0 saturated heterocycles. The molecule has 0 saturated carbocycles. The highest BCUT2D eigenvalue weighted by atomic mass is 16.2. The quantitative estimate of drug-likeness (QED) is 0.392. The molecule has 0 N–H and O–H groups in total. The van der Waals surface area contributed by atoms with Crippen molar-refractivity contribution in [1.82, 2.24) is 20.6 Å². The van der Waals surface area contributed by atoms with E-state index in [1.807, 2.05) is 0 Å². The van der Waals surface area contributed by atoms with E-state index in [1.54, 1.807) is 0 Å². The van der Waals surface area contributed by atoms with Gasteiger partial charge in [0.25, 0.3) is 16.3 Å². The summed E-state index contributed by atoms with van der Waals surface area (Å²) in [7, 11) is 0. The predicted molar refractivity (Wildman–Crippen MR) is 36.3 cm³/mol. The average molecular weight is 164 g/mol. The van der Waals surface area contributed by atoms with E-state index < -0.39 is 16.3 Å². The van der Waals surface area contributed by atoms with E-state index in [-0.39, 0.29) is 11.0 Å². The van der Waals surface area contributed by atoms with Crippen LogP contribution in [0.15, 0.2) is 14.4 Å². The van der Waals surface area contributed by atoms with Gasteiger partial charge in [0.15, 0.2) is 11.0 Å². The van der Waals surface area contributed by atoms with Crippen LogP contribution in [-0.2, 0) is 0 Å². The van der Waals surface area contributed by atoms with Crippen LogP contribution in [-0.4, -0.2) is 20.6 Å². The maximum absolute atomic E-state index is 10.9. The normalized spacial score (nSPS) is 10.7. The average Bonchev–Trinajstić information content (AvgIpc) is 2.33. The molecule has 1 aromatic carbocycles. The molecule has 0 aliphatic heterocycles. The smallest absolute Gasteiger partial charge is 0.277 e. The Labute approximate surface area is 63.4 Å². The highest BCUT2D eigenvalue weighted by Gasteiger charge is 2.14. The fourth-order valence-electron chi connectivity index (χ4n) is 0.848. The summed E-state index contributed by atoms with van der Waals surface area (Å²) in [5.41, 5.74) is -3.66. The topological polar surface area (TPSA) is 103 Å². The summed E-state index contributed by atoms with van der Waals surface area (Å²) < 4.78 is 0. The Kier molecular flexibility index (Phi) is 1.09. The SMILES string of the molecule is O=c1c(=O)c2nnnnc2c1=O. The Morgan fingerprint density at radius 1 is 0.667 bits per heavy atom. The van der Waals surface area contributed by atoms with Crippen LogP contribution >= 0.6 is 0 Å². The maximum atomic E-state index is 10.9. The van der Waals surface area contributed by atoms with E-state index in [4.69, 9.17) is 0 Å². The van der Waals surface area contributed by atoms with Crippen molar-refractivity contribution in [2.24, 2.45) is 0 Å². The third-order valence-corrected chi connectivity index (χ3v) is 1.40. The van der Waals surface area contributed by atoms with Gasteiger partial charge in [-0.2, -0.15) is 0 Å². The molecular formula is C5N4O3. The van der Waals surface area contributed by atoms with Gasteiger partial charge in [0.1, 0.15) is 0 Å². The van der Waals surface area contributed by atoms with Crippen LogP contribution in [0.5, 0.6) is 0 Å². The molecule has 0 fully saturated rings. The van der Waals surface area contributed by atoms with E-state index in [2.05, 4.69) is 20.6 Å². The molecule has 7 heteroatoms. The first-order valence-corrected chi connectivity index (χ1v) is 2.91. The monoisotopic (exact) mass is 164 g/mol. The standard InChI is InChI=1S/C5N4O3/c10-3-1-2(4(11)5(3)12)7-9-8-6-1. The molecule has 0 radical (unpaired) electrons. The number of nitrogens with zero attached hydrogens (tertiary/aromatic N) is 4. The second kappa shape index (κ2) is 1.97. The Hall–Kier alpha value is -2.05. The lowest BCUT2D eigenvalue weighted by Gasteiger charge is -1.76. The molecule has 0 amide bonds. The molecule has 58 valence electrons. The summed E-state index contributed by atoms with van der Waals surface area (Å²) in [6.45, 7) is 0. The van der Waals surface area contributed by atoms with Gasteiger partial charge in [0.05, 0.1) is 0 Å². The Morgan fingerprint density at radius 3 is 1.50 bits per heavy atom. The second-order valence-corrected chi connectivity index (χ2v) is 2.06. The van der Waals surface area contributed by atoms with Crippen molar-refractivity contribution in [3.63, 3.8) is 0 Å². The largest absolute Gasteiger partial charge is 0.283 e. The highest BCUT2D eigenvalue weighted by molar-refractivity contribution is 5.73. The van der Waals surface area contributed by atoms with Gasteiger partial charge in [-0.05, 0) is 10.4 Å². The Bertz CT molecular complexity index is 533. The number of hydrogen-bond donors (Lipinski definition) is 0. The molecule has 0 bridgehead atoms. The molecule has 0 unspecified atom stereocenters. The van der Waals surface area contributed by atoms with Gasteiger partial charge in [0.2, 0.25) is 0 Å². The Morgan fingerprint density at radius 2 is 1.08 bits per heavy atom. The minimum atomic E-state index is -1.13. The van der Waals surface area contributed by atoms with Gasteiger partial charge in [-0.15, -0.1) is 10.2 Å². The summed E-state index contributed by atoms with van der Waals surface area (Å²) in [4.78, 5) is 32.5. The molecule has 0 atom stereocenters. The zero-order valence-corrected chi connectivity index (χ0v) is 5.51. The van der Waals surface area contributed by atoms with Crippen molar-refractivity contribution < 1.29 is 0 Å². The maximum Gasteiger partial charge on any atom is 0.277 e. The van der Waals surface area contributed by atoms with Crippen LogP contribution in [0.4, 0.5) is 0 Å². The van der Waals surface area contributed by atoms with Crippen molar-refractivity contribution in [2.75, 3.05) is 0 Å². The molecule has 7 nitrogen and oxygen atoms in total. The van der Waals surface area contributed by atoms with Crippen LogP contribution in [0.3, 0.4) is 0 Å². The molecule has 12 heavy (non-hydrogen) atoms. The second-order valence-electron chi connectivity index (χ2n) is 2.06. The third kappa shape index (κ3) is 0.617. The number of aromatic nitrogens is 4. The van der Waals surface area contributed by atoms with Crippen molar-refractivity contribution >= 4 is 11.0 Å². The lowest BCUT2D eigenvalue weighted by Crippen LogP contribution is -2.29. The molecule has 0 aliphatic carbocycles. The lowest BCUT2D eigenvalue weighted by atomic mass is 10.5. The zero-order chi connectivity index (χ0) is 8.72. The van der Waals surface area contributed by atoms with E-state index in [0.717, 1.165) is 0 Å². The predicted octanol–water partition coefficient (Wildman–Crippen LogP) is -2.62. The molecule has 2 rings (SSSR count). The Balaban J connectivity index is 3.33. The van der Waals surface area contributed by atoms with Crippen molar-refractivity contribution in [3.8, 4) is 0 Å². The summed E-state index contributed by atoms with van der Waals surface area (Å²) in [5, 5.41) is 12.5. The zero-order valence-electron chi connectivity index (χ0n) is 5.51. The summed E-state index contributed by atoms with van der Waals surface area (Å²) in [6, 6.07) is 0. The first-order chi connectivity index (χ1) is 5.72. The van der Waals surface area contributed by atoms with Gasteiger partial charge in [0, 0.05) is 0 Å². The van der Waals surface area contributed by atoms with Gasteiger partial charge in [-0.1, -0.05) is 0 Å². The minimum Gasteiger partial charge on any atom is -0.283 e. The third-order valence-electron chi connectivity index (χ3n) is 1.40. The van der Waals surface area contributed by atoms with Crippen LogP contribution in [0.2, 0.25) is 0 Å².